The maximum Gasteiger partial charge on any atom is 0.334 e. The number of rotatable bonds is 10. The van der Waals surface area contributed by atoms with Gasteiger partial charge in [0.05, 0.1) is 13.0 Å². The number of carbonyl (C=O) groups excluding carboxylic acids is 5. The first kappa shape index (κ1) is 21.8. The molecule has 0 spiro atoms. The fourth-order valence-corrected chi connectivity index (χ4v) is 3.32. The fraction of sp³-hybridized carbons (Fsp3) is 0.722. The summed E-state index contributed by atoms with van der Waals surface area (Å²) in [6.07, 6.45) is 3.25. The van der Waals surface area contributed by atoms with Crippen molar-refractivity contribution in [3.8, 4) is 0 Å². The van der Waals surface area contributed by atoms with Crippen molar-refractivity contribution >= 4 is 29.6 Å². The number of hydrogen-bond donors (Lipinski definition) is 2. The van der Waals surface area contributed by atoms with Crippen molar-refractivity contribution in [1.82, 2.24) is 20.6 Å². The summed E-state index contributed by atoms with van der Waals surface area (Å²) >= 11 is 0. The maximum atomic E-state index is 12.0. The van der Waals surface area contributed by atoms with Gasteiger partial charge < -0.3 is 15.5 Å². The number of imide groups is 1. The Bertz CT molecular complexity index is 607. The van der Waals surface area contributed by atoms with Gasteiger partial charge in [-0.15, -0.1) is 5.06 Å². The molecule has 0 aromatic carbocycles. The standard InChI is InChI=1S/C18H28N4O6/c1-2-13-4-3-11-21(13)12-15(24)20-9-7-14(23)19-10-8-18(27)28-22-16(25)5-6-17(22)26/h13H,2-12H2,1H3,(H,19,23)(H,20,24). The third-order valence-electron chi connectivity index (χ3n) is 4.84. The van der Waals surface area contributed by atoms with Gasteiger partial charge in [0.2, 0.25) is 11.8 Å². The Labute approximate surface area is 163 Å². The first-order chi connectivity index (χ1) is 13.4. The van der Waals surface area contributed by atoms with E-state index >= 15 is 0 Å². The Balaban J connectivity index is 1.54. The van der Waals surface area contributed by atoms with E-state index in [4.69, 9.17) is 4.84 Å². The van der Waals surface area contributed by atoms with Crippen LogP contribution in [0.5, 0.6) is 0 Å². The van der Waals surface area contributed by atoms with Gasteiger partial charge in [-0.05, 0) is 25.8 Å². The van der Waals surface area contributed by atoms with Crippen LogP contribution in [0.25, 0.3) is 0 Å². The van der Waals surface area contributed by atoms with Gasteiger partial charge in [0.25, 0.3) is 11.8 Å². The largest absolute Gasteiger partial charge is 0.355 e. The number of hydrogen-bond acceptors (Lipinski definition) is 7. The molecule has 0 bridgehead atoms. The lowest BCUT2D eigenvalue weighted by molar-refractivity contribution is -0.197. The van der Waals surface area contributed by atoms with E-state index in [-0.39, 0.29) is 50.6 Å². The van der Waals surface area contributed by atoms with Crippen molar-refractivity contribution in [3.05, 3.63) is 0 Å². The number of nitrogens with one attached hydrogen (secondary N) is 2. The Hall–Kier alpha value is -2.49. The molecule has 2 N–H and O–H groups in total. The molecule has 2 aliphatic rings. The van der Waals surface area contributed by atoms with Gasteiger partial charge in [-0.25, -0.2) is 4.79 Å². The lowest BCUT2D eigenvalue weighted by atomic mass is 10.2. The highest BCUT2D eigenvalue weighted by Crippen LogP contribution is 2.18. The van der Waals surface area contributed by atoms with Crippen molar-refractivity contribution in [3.63, 3.8) is 0 Å². The highest BCUT2D eigenvalue weighted by atomic mass is 16.7. The molecule has 2 rings (SSSR count). The number of carbonyl (C=O) groups is 5. The summed E-state index contributed by atoms with van der Waals surface area (Å²) in [4.78, 5) is 64.9. The molecular weight excluding hydrogens is 368 g/mol. The summed E-state index contributed by atoms with van der Waals surface area (Å²) in [5.41, 5.74) is 0. The molecule has 2 heterocycles. The summed E-state index contributed by atoms with van der Waals surface area (Å²) in [6, 6.07) is 0.458. The van der Waals surface area contributed by atoms with Crippen LogP contribution < -0.4 is 10.6 Å². The van der Waals surface area contributed by atoms with Crippen molar-refractivity contribution in [2.45, 2.75) is 57.9 Å². The van der Waals surface area contributed by atoms with Crippen molar-refractivity contribution in [1.29, 1.82) is 0 Å². The van der Waals surface area contributed by atoms with Gasteiger partial charge in [-0.2, -0.15) is 0 Å². The van der Waals surface area contributed by atoms with Gasteiger partial charge in [0.1, 0.15) is 0 Å². The van der Waals surface area contributed by atoms with Crippen molar-refractivity contribution in [2.24, 2.45) is 0 Å². The normalized spacial score (nSPS) is 19.8. The van der Waals surface area contributed by atoms with E-state index in [0.29, 0.717) is 17.6 Å². The van der Waals surface area contributed by atoms with Gasteiger partial charge in [-0.3, -0.25) is 24.1 Å². The molecule has 2 fully saturated rings. The zero-order chi connectivity index (χ0) is 20.5. The van der Waals surface area contributed by atoms with Crippen LogP contribution in [-0.2, 0) is 28.8 Å². The van der Waals surface area contributed by atoms with Gasteiger partial charge in [0.15, 0.2) is 0 Å². The number of hydroxylamine groups is 2. The Morgan fingerprint density at radius 3 is 2.36 bits per heavy atom. The van der Waals surface area contributed by atoms with E-state index in [2.05, 4.69) is 22.5 Å². The first-order valence-corrected chi connectivity index (χ1v) is 9.74. The highest BCUT2D eigenvalue weighted by Gasteiger charge is 2.32. The van der Waals surface area contributed by atoms with Gasteiger partial charge >= 0.3 is 5.97 Å². The lowest BCUT2D eigenvalue weighted by Gasteiger charge is -2.22. The predicted molar refractivity (Wildman–Crippen MR) is 97.3 cm³/mol. The van der Waals surface area contributed by atoms with Crippen LogP contribution in [0.3, 0.4) is 0 Å². The number of amides is 4. The van der Waals surface area contributed by atoms with Crippen LogP contribution >= 0.6 is 0 Å². The molecule has 0 saturated carbocycles. The zero-order valence-electron chi connectivity index (χ0n) is 16.2. The lowest BCUT2D eigenvalue weighted by Crippen LogP contribution is -2.40. The van der Waals surface area contributed by atoms with Gasteiger partial charge in [0, 0.05) is 38.4 Å². The molecular formula is C18H28N4O6. The molecule has 0 aromatic rings. The molecule has 1 unspecified atom stereocenters. The summed E-state index contributed by atoms with van der Waals surface area (Å²) < 4.78 is 0. The van der Waals surface area contributed by atoms with Crippen LogP contribution in [0.1, 0.15) is 51.9 Å². The quantitative estimate of drug-likeness (QED) is 0.476. The molecule has 2 aliphatic heterocycles. The molecule has 10 heteroatoms. The van der Waals surface area contributed by atoms with E-state index < -0.39 is 17.8 Å². The van der Waals surface area contributed by atoms with Crippen LogP contribution in [0.4, 0.5) is 0 Å². The minimum atomic E-state index is -0.770. The topological polar surface area (TPSA) is 125 Å². The van der Waals surface area contributed by atoms with Crippen molar-refractivity contribution < 1.29 is 28.8 Å². The Morgan fingerprint density at radius 1 is 1.04 bits per heavy atom. The second kappa shape index (κ2) is 10.7. The zero-order valence-corrected chi connectivity index (χ0v) is 16.2. The minimum Gasteiger partial charge on any atom is -0.355 e. The van der Waals surface area contributed by atoms with Crippen LogP contribution in [0, 0.1) is 0 Å². The van der Waals surface area contributed by atoms with Crippen molar-refractivity contribution in [2.75, 3.05) is 26.2 Å². The molecule has 0 aliphatic carbocycles. The molecule has 1 atom stereocenters. The second-order valence-corrected chi connectivity index (χ2v) is 6.92. The summed E-state index contributed by atoms with van der Waals surface area (Å²) in [6.45, 7) is 3.63. The van der Waals surface area contributed by atoms with Crippen LogP contribution in [0.15, 0.2) is 0 Å². The Morgan fingerprint density at radius 2 is 1.68 bits per heavy atom. The predicted octanol–water partition coefficient (Wildman–Crippen LogP) is -0.519. The number of likely N-dealkylation sites (tertiary alicyclic amines) is 1. The van der Waals surface area contributed by atoms with E-state index in [9.17, 15) is 24.0 Å². The fourth-order valence-electron chi connectivity index (χ4n) is 3.32. The molecule has 156 valence electrons. The maximum absolute atomic E-state index is 12.0. The smallest absolute Gasteiger partial charge is 0.334 e. The van der Waals surface area contributed by atoms with E-state index in [1.807, 2.05) is 0 Å². The minimum absolute atomic E-state index is 0.0216. The molecule has 2 saturated heterocycles. The SMILES string of the molecule is CCC1CCCN1CC(=O)NCCC(=O)NCCC(=O)ON1C(=O)CCC1=O. The summed E-state index contributed by atoms with van der Waals surface area (Å²) in [5, 5.41) is 5.74. The monoisotopic (exact) mass is 396 g/mol. The first-order valence-electron chi connectivity index (χ1n) is 9.74. The average molecular weight is 396 g/mol. The van der Waals surface area contributed by atoms with E-state index in [0.717, 1.165) is 25.8 Å². The summed E-state index contributed by atoms with van der Waals surface area (Å²) in [5.74, 6) is -2.27. The van der Waals surface area contributed by atoms with Crippen LogP contribution in [-0.4, -0.2) is 71.8 Å². The van der Waals surface area contributed by atoms with Crippen LogP contribution in [0.2, 0.25) is 0 Å². The number of nitrogens with zero attached hydrogens (tertiary/aromatic N) is 2. The van der Waals surface area contributed by atoms with Gasteiger partial charge in [-0.1, -0.05) is 6.92 Å². The van der Waals surface area contributed by atoms with E-state index in [1.54, 1.807) is 0 Å². The second-order valence-electron chi connectivity index (χ2n) is 6.92. The van der Waals surface area contributed by atoms with E-state index in [1.165, 1.54) is 0 Å². The Kier molecular flexibility index (Phi) is 8.37. The average Bonchev–Trinajstić information content (AvgIpc) is 3.22. The molecule has 28 heavy (non-hydrogen) atoms. The highest BCUT2D eigenvalue weighted by molar-refractivity contribution is 6.01. The third kappa shape index (κ3) is 6.59. The molecule has 0 radical (unpaired) electrons. The molecule has 0 aromatic heterocycles. The molecule has 10 nitrogen and oxygen atoms in total. The summed E-state index contributed by atoms with van der Waals surface area (Å²) in [7, 11) is 0. The third-order valence-corrected chi connectivity index (χ3v) is 4.84. The molecule has 4 amide bonds.